The monoisotopic (exact) mass is 336 g/mol. The lowest BCUT2D eigenvalue weighted by molar-refractivity contribution is -0.122. The molecule has 0 spiro atoms. The average Bonchev–Trinajstić information content (AvgIpc) is 2.64. The molecular weight excluding hydrogens is 316 g/mol. The van der Waals surface area contributed by atoms with Crippen molar-refractivity contribution in [1.29, 1.82) is 0 Å². The highest BCUT2D eigenvalue weighted by Crippen LogP contribution is 2.18. The fourth-order valence-corrected chi connectivity index (χ4v) is 2.60. The summed E-state index contributed by atoms with van der Waals surface area (Å²) in [6.45, 7) is 0. The molecule has 1 unspecified atom stereocenters. The van der Waals surface area contributed by atoms with Crippen LogP contribution in [-0.2, 0) is 16.0 Å². The maximum absolute atomic E-state index is 12.9. The highest BCUT2D eigenvalue weighted by Gasteiger charge is 2.33. The Morgan fingerprint density at radius 3 is 2.28 bits per heavy atom. The summed E-state index contributed by atoms with van der Waals surface area (Å²) in [5.41, 5.74) is 4.53. The normalized spacial score (nSPS) is 16.9. The summed E-state index contributed by atoms with van der Waals surface area (Å²) in [5.74, 6) is -0.300. The Balaban J connectivity index is 1.94. The van der Waals surface area contributed by atoms with Gasteiger partial charge in [-0.3, -0.25) is 15.0 Å². The van der Waals surface area contributed by atoms with Gasteiger partial charge in [0, 0.05) is 20.5 Å². The molecule has 2 aromatic rings. The molecular formula is C19H20N4O2. The van der Waals surface area contributed by atoms with Crippen molar-refractivity contribution < 1.29 is 9.59 Å². The zero-order chi connectivity index (χ0) is 17.8. The van der Waals surface area contributed by atoms with Gasteiger partial charge in [0.15, 0.2) is 0 Å². The lowest BCUT2D eigenvalue weighted by atomic mass is 10.0. The van der Waals surface area contributed by atoms with Crippen LogP contribution < -0.4 is 10.4 Å². The standard InChI is InChI=1S/C19H20N4O2/c1-22(2)19(25)17-20-16(13-14-9-5-3-6-10-14)18(24)23(21-17)15-11-7-4-8-12-15/h3-12,16H,13H2,1-2H3,(H,20,21). The summed E-state index contributed by atoms with van der Waals surface area (Å²) in [4.78, 5) is 31.1. The van der Waals surface area contributed by atoms with E-state index in [0.29, 0.717) is 12.1 Å². The van der Waals surface area contributed by atoms with Crippen LogP contribution in [0.4, 0.5) is 5.69 Å². The third kappa shape index (κ3) is 3.68. The van der Waals surface area contributed by atoms with Gasteiger partial charge < -0.3 is 4.90 Å². The molecule has 0 radical (unpaired) electrons. The fraction of sp³-hybridized carbons (Fsp3) is 0.211. The summed E-state index contributed by atoms with van der Waals surface area (Å²) in [6.07, 6.45) is 0.439. The second-order valence-corrected chi connectivity index (χ2v) is 6.00. The third-order valence-corrected chi connectivity index (χ3v) is 3.90. The number of benzene rings is 2. The highest BCUT2D eigenvalue weighted by atomic mass is 16.2. The SMILES string of the molecule is CN(C)C(=O)C1=NC(Cc2ccccc2)C(=O)N(c2ccccc2)N1. The molecule has 0 saturated carbocycles. The first-order chi connectivity index (χ1) is 12.1. The first kappa shape index (κ1) is 16.7. The maximum atomic E-state index is 12.9. The number of hydrazine groups is 1. The molecule has 2 amide bonds. The number of hydrogen-bond donors (Lipinski definition) is 1. The van der Waals surface area contributed by atoms with Gasteiger partial charge in [-0.2, -0.15) is 0 Å². The Bertz CT molecular complexity index is 788. The van der Waals surface area contributed by atoms with E-state index in [2.05, 4.69) is 10.4 Å². The molecule has 2 aromatic carbocycles. The van der Waals surface area contributed by atoms with E-state index in [-0.39, 0.29) is 17.6 Å². The maximum Gasteiger partial charge on any atom is 0.290 e. The predicted octanol–water partition coefficient (Wildman–Crippen LogP) is 1.64. The van der Waals surface area contributed by atoms with Crippen LogP contribution in [0, 0.1) is 0 Å². The van der Waals surface area contributed by atoms with Crippen LogP contribution in [0.1, 0.15) is 5.56 Å². The van der Waals surface area contributed by atoms with Gasteiger partial charge in [0.2, 0.25) is 5.84 Å². The minimum absolute atomic E-state index is 0.161. The molecule has 6 heteroatoms. The van der Waals surface area contributed by atoms with E-state index in [9.17, 15) is 9.59 Å². The topological polar surface area (TPSA) is 65.0 Å². The van der Waals surface area contributed by atoms with Crippen LogP contribution in [0.3, 0.4) is 0 Å². The largest absolute Gasteiger partial charge is 0.342 e. The second-order valence-electron chi connectivity index (χ2n) is 6.00. The number of anilines is 1. The lowest BCUT2D eigenvalue weighted by Crippen LogP contribution is -2.58. The van der Waals surface area contributed by atoms with Crippen molar-refractivity contribution in [3.05, 3.63) is 66.2 Å². The van der Waals surface area contributed by atoms with E-state index >= 15 is 0 Å². The van der Waals surface area contributed by atoms with Crippen molar-refractivity contribution in [1.82, 2.24) is 10.3 Å². The van der Waals surface area contributed by atoms with Gasteiger partial charge >= 0.3 is 0 Å². The number of nitrogens with zero attached hydrogens (tertiary/aromatic N) is 3. The quantitative estimate of drug-likeness (QED) is 0.923. The number of hydrogen-bond acceptors (Lipinski definition) is 4. The molecule has 0 fully saturated rings. The number of aliphatic imine (C=N–C) groups is 1. The molecule has 0 aromatic heterocycles. The average molecular weight is 336 g/mol. The molecule has 128 valence electrons. The predicted molar refractivity (Wildman–Crippen MR) is 97.1 cm³/mol. The first-order valence-electron chi connectivity index (χ1n) is 8.05. The molecule has 25 heavy (non-hydrogen) atoms. The van der Waals surface area contributed by atoms with Crippen molar-refractivity contribution in [3.63, 3.8) is 0 Å². The van der Waals surface area contributed by atoms with Crippen LogP contribution in [0.15, 0.2) is 65.7 Å². The van der Waals surface area contributed by atoms with Crippen molar-refractivity contribution in [2.45, 2.75) is 12.5 Å². The molecule has 6 nitrogen and oxygen atoms in total. The first-order valence-corrected chi connectivity index (χ1v) is 8.05. The molecule has 1 heterocycles. The Labute approximate surface area is 146 Å². The van der Waals surface area contributed by atoms with Crippen molar-refractivity contribution in [3.8, 4) is 0 Å². The summed E-state index contributed by atoms with van der Waals surface area (Å²) in [5, 5.41) is 1.40. The molecule has 1 aliphatic rings. The summed E-state index contributed by atoms with van der Waals surface area (Å²) in [7, 11) is 3.31. The van der Waals surface area contributed by atoms with E-state index < -0.39 is 6.04 Å². The van der Waals surface area contributed by atoms with E-state index in [0.717, 1.165) is 5.56 Å². The number of likely N-dealkylation sites (N-methyl/N-ethyl adjacent to an activating group) is 1. The number of amides is 2. The molecule has 0 bridgehead atoms. The number of nitrogens with one attached hydrogen (secondary N) is 1. The van der Waals surface area contributed by atoms with Gasteiger partial charge in [-0.05, 0) is 17.7 Å². The van der Waals surface area contributed by atoms with Crippen molar-refractivity contribution >= 4 is 23.3 Å². The highest BCUT2D eigenvalue weighted by molar-refractivity contribution is 6.39. The molecule has 0 saturated heterocycles. The number of amidine groups is 1. The Hall–Kier alpha value is -3.15. The van der Waals surface area contributed by atoms with E-state index in [1.165, 1.54) is 9.91 Å². The molecule has 0 aliphatic carbocycles. The summed E-state index contributed by atoms with van der Waals surface area (Å²) < 4.78 is 0. The van der Waals surface area contributed by atoms with Gasteiger partial charge in [-0.15, -0.1) is 0 Å². The second kappa shape index (κ2) is 7.17. The van der Waals surface area contributed by atoms with Gasteiger partial charge in [-0.25, -0.2) is 10.0 Å². The van der Waals surface area contributed by atoms with E-state index in [1.54, 1.807) is 14.1 Å². The van der Waals surface area contributed by atoms with Crippen LogP contribution in [0.5, 0.6) is 0 Å². The van der Waals surface area contributed by atoms with Crippen LogP contribution in [0.25, 0.3) is 0 Å². The minimum atomic E-state index is -0.650. The van der Waals surface area contributed by atoms with Crippen LogP contribution >= 0.6 is 0 Å². The van der Waals surface area contributed by atoms with Crippen molar-refractivity contribution in [2.24, 2.45) is 4.99 Å². The lowest BCUT2D eigenvalue weighted by Gasteiger charge is -2.32. The van der Waals surface area contributed by atoms with E-state index in [4.69, 9.17) is 0 Å². The molecule has 1 atom stereocenters. The number of para-hydroxylation sites is 1. The van der Waals surface area contributed by atoms with Gasteiger partial charge in [0.1, 0.15) is 6.04 Å². The zero-order valence-electron chi connectivity index (χ0n) is 14.2. The van der Waals surface area contributed by atoms with Crippen molar-refractivity contribution in [2.75, 3.05) is 19.1 Å². The van der Waals surface area contributed by atoms with Crippen LogP contribution in [-0.4, -0.2) is 42.7 Å². The Morgan fingerprint density at radius 2 is 1.68 bits per heavy atom. The number of rotatable bonds is 4. The number of carbonyl (C=O) groups excluding carboxylic acids is 2. The Kier molecular flexibility index (Phi) is 4.79. The molecule has 1 aliphatic heterocycles. The van der Waals surface area contributed by atoms with Gasteiger partial charge in [-0.1, -0.05) is 48.5 Å². The van der Waals surface area contributed by atoms with E-state index in [1.807, 2.05) is 60.7 Å². The van der Waals surface area contributed by atoms with Gasteiger partial charge in [0.05, 0.1) is 5.69 Å². The van der Waals surface area contributed by atoms with Gasteiger partial charge in [0.25, 0.3) is 11.8 Å². The molecule has 3 rings (SSSR count). The fourth-order valence-electron chi connectivity index (χ4n) is 2.60. The molecule has 1 N–H and O–H groups in total. The smallest absolute Gasteiger partial charge is 0.290 e. The summed E-state index contributed by atoms with van der Waals surface area (Å²) in [6, 6.07) is 18.2. The minimum Gasteiger partial charge on any atom is -0.342 e. The zero-order valence-corrected chi connectivity index (χ0v) is 14.2. The Morgan fingerprint density at radius 1 is 1.08 bits per heavy atom. The summed E-state index contributed by atoms with van der Waals surface area (Å²) >= 11 is 0. The number of carbonyl (C=O) groups is 2. The third-order valence-electron chi connectivity index (χ3n) is 3.90. The van der Waals surface area contributed by atoms with Crippen LogP contribution in [0.2, 0.25) is 0 Å².